The van der Waals surface area contributed by atoms with Crippen LogP contribution in [0, 0.1) is 17.8 Å². The minimum atomic E-state index is -1.17. The summed E-state index contributed by atoms with van der Waals surface area (Å²) in [6.07, 6.45) is 13.0. The van der Waals surface area contributed by atoms with Crippen LogP contribution < -0.4 is 0 Å². The molecule has 1 fully saturated rings. The minimum Gasteiger partial charge on any atom is -0.463 e. The van der Waals surface area contributed by atoms with E-state index in [0.717, 1.165) is 25.7 Å². The fourth-order valence-corrected chi connectivity index (χ4v) is 2.44. The highest BCUT2D eigenvalue weighted by molar-refractivity contribution is 5.82. The Balaban J connectivity index is 2.92. The number of terminal acetylenes is 1. The van der Waals surface area contributed by atoms with Crippen molar-refractivity contribution >= 4 is 5.97 Å². The Bertz CT molecular complexity index is 366. The number of carbonyl (C=O) groups is 1. The first-order valence-corrected chi connectivity index (χ1v) is 6.53. The number of rotatable bonds is 3. The molecular weight excluding hydrogens is 228 g/mol. The van der Waals surface area contributed by atoms with Gasteiger partial charge in [-0.2, -0.15) is 0 Å². The van der Waals surface area contributed by atoms with Gasteiger partial charge in [-0.1, -0.05) is 31.8 Å². The van der Waals surface area contributed by atoms with Crippen LogP contribution in [0.2, 0.25) is 0 Å². The molecule has 1 N–H and O–H groups in total. The molecule has 1 aliphatic rings. The van der Waals surface area contributed by atoms with E-state index >= 15 is 0 Å². The van der Waals surface area contributed by atoms with Crippen LogP contribution in [-0.4, -0.2) is 23.3 Å². The maximum absolute atomic E-state index is 11.4. The lowest BCUT2D eigenvalue weighted by Crippen LogP contribution is -2.43. The zero-order valence-electron chi connectivity index (χ0n) is 11.2. The fourth-order valence-electron chi connectivity index (χ4n) is 2.44. The summed E-state index contributed by atoms with van der Waals surface area (Å²) in [6.45, 7) is 4.02. The van der Waals surface area contributed by atoms with Crippen LogP contribution in [0.15, 0.2) is 12.2 Å². The van der Waals surface area contributed by atoms with Crippen molar-refractivity contribution in [2.45, 2.75) is 51.6 Å². The van der Waals surface area contributed by atoms with Gasteiger partial charge in [-0.3, -0.25) is 0 Å². The molecule has 0 saturated heterocycles. The minimum absolute atomic E-state index is 0.347. The zero-order valence-corrected chi connectivity index (χ0v) is 11.2. The van der Waals surface area contributed by atoms with Gasteiger partial charge in [0.25, 0.3) is 0 Å². The standard InChI is InChI=1S/C15H22O3/c1-4-15(17)11-8-6-7-10-14(15,3)12-9-13(16)18-5-2/h1,9,12,17H,5-8,10-11H2,2-3H3/b12-9+. The van der Waals surface area contributed by atoms with Crippen LogP contribution in [0.25, 0.3) is 0 Å². The summed E-state index contributed by atoms with van der Waals surface area (Å²) in [5, 5.41) is 10.6. The summed E-state index contributed by atoms with van der Waals surface area (Å²) < 4.78 is 4.85. The Morgan fingerprint density at radius 2 is 2.11 bits per heavy atom. The number of hydrogen-bond donors (Lipinski definition) is 1. The lowest BCUT2D eigenvalue weighted by molar-refractivity contribution is -0.137. The van der Waals surface area contributed by atoms with Crippen LogP contribution in [0.3, 0.4) is 0 Å². The molecule has 0 spiro atoms. The third-order valence-corrected chi connectivity index (χ3v) is 3.79. The van der Waals surface area contributed by atoms with Gasteiger partial charge in [0.1, 0.15) is 5.60 Å². The molecule has 3 heteroatoms. The highest BCUT2D eigenvalue weighted by Crippen LogP contribution is 2.43. The maximum Gasteiger partial charge on any atom is 0.330 e. The average molecular weight is 250 g/mol. The third kappa shape index (κ3) is 3.14. The largest absolute Gasteiger partial charge is 0.463 e. The predicted octanol–water partition coefficient (Wildman–Crippen LogP) is 2.44. The number of aliphatic hydroxyl groups is 1. The van der Waals surface area contributed by atoms with Gasteiger partial charge in [0.2, 0.25) is 0 Å². The smallest absolute Gasteiger partial charge is 0.330 e. The van der Waals surface area contributed by atoms with E-state index in [4.69, 9.17) is 11.2 Å². The van der Waals surface area contributed by atoms with E-state index in [1.807, 2.05) is 6.92 Å². The SMILES string of the molecule is C#CC1(O)CCCCCC1(C)/C=C/C(=O)OCC. The first kappa shape index (κ1) is 14.8. The Kier molecular flexibility index (Phi) is 4.98. The molecule has 1 aliphatic carbocycles. The summed E-state index contributed by atoms with van der Waals surface area (Å²) in [4.78, 5) is 11.4. The Morgan fingerprint density at radius 1 is 1.44 bits per heavy atom. The molecule has 18 heavy (non-hydrogen) atoms. The summed E-state index contributed by atoms with van der Waals surface area (Å²) in [6, 6.07) is 0. The fraction of sp³-hybridized carbons (Fsp3) is 0.667. The summed E-state index contributed by atoms with van der Waals surface area (Å²) >= 11 is 0. The number of carbonyl (C=O) groups excluding carboxylic acids is 1. The predicted molar refractivity (Wildman–Crippen MR) is 70.7 cm³/mol. The molecule has 1 rings (SSSR count). The number of hydrogen-bond acceptors (Lipinski definition) is 3. The second-order valence-corrected chi connectivity index (χ2v) is 5.07. The molecule has 0 aliphatic heterocycles. The molecule has 0 aromatic carbocycles. The summed E-state index contributed by atoms with van der Waals surface area (Å²) in [5.41, 5.74) is -1.74. The van der Waals surface area contributed by atoms with Crippen LogP contribution >= 0.6 is 0 Å². The maximum atomic E-state index is 11.4. The summed E-state index contributed by atoms with van der Waals surface area (Å²) in [5.74, 6) is 2.13. The van der Waals surface area contributed by atoms with Crippen LogP contribution in [-0.2, 0) is 9.53 Å². The van der Waals surface area contributed by atoms with E-state index in [1.165, 1.54) is 6.08 Å². The van der Waals surface area contributed by atoms with E-state index in [0.29, 0.717) is 13.0 Å². The normalized spacial score (nSPS) is 32.8. The third-order valence-electron chi connectivity index (χ3n) is 3.79. The Labute approximate surface area is 109 Å². The van der Waals surface area contributed by atoms with Crippen molar-refractivity contribution in [3.05, 3.63) is 12.2 Å². The van der Waals surface area contributed by atoms with Crippen LogP contribution in [0.4, 0.5) is 0 Å². The first-order chi connectivity index (χ1) is 8.47. The molecule has 0 radical (unpaired) electrons. The lowest BCUT2D eigenvalue weighted by Gasteiger charge is -2.38. The Hall–Kier alpha value is -1.27. The van der Waals surface area contributed by atoms with E-state index in [1.54, 1.807) is 13.0 Å². The van der Waals surface area contributed by atoms with Gasteiger partial charge >= 0.3 is 5.97 Å². The van der Waals surface area contributed by atoms with Crippen molar-refractivity contribution in [2.75, 3.05) is 6.61 Å². The lowest BCUT2D eigenvalue weighted by atomic mass is 9.70. The monoisotopic (exact) mass is 250 g/mol. The van der Waals surface area contributed by atoms with Crippen LogP contribution in [0.1, 0.15) is 46.0 Å². The zero-order chi connectivity index (χ0) is 13.6. The van der Waals surface area contributed by atoms with E-state index in [-0.39, 0.29) is 5.97 Å². The van der Waals surface area contributed by atoms with E-state index < -0.39 is 11.0 Å². The van der Waals surface area contributed by atoms with Gasteiger partial charge in [0.05, 0.1) is 6.61 Å². The molecule has 0 heterocycles. The molecule has 2 atom stereocenters. The number of ether oxygens (including phenoxy) is 1. The molecular formula is C15H22O3. The number of esters is 1. The van der Waals surface area contributed by atoms with Gasteiger partial charge in [0.15, 0.2) is 0 Å². The van der Waals surface area contributed by atoms with Gasteiger partial charge < -0.3 is 9.84 Å². The molecule has 0 amide bonds. The van der Waals surface area contributed by atoms with Crippen molar-refractivity contribution in [2.24, 2.45) is 5.41 Å². The van der Waals surface area contributed by atoms with Crippen molar-refractivity contribution in [1.82, 2.24) is 0 Å². The molecule has 1 saturated carbocycles. The van der Waals surface area contributed by atoms with E-state index in [2.05, 4.69) is 5.92 Å². The topological polar surface area (TPSA) is 46.5 Å². The highest BCUT2D eigenvalue weighted by Gasteiger charge is 2.44. The van der Waals surface area contributed by atoms with Crippen molar-refractivity contribution in [3.63, 3.8) is 0 Å². The molecule has 0 aromatic heterocycles. The van der Waals surface area contributed by atoms with Crippen molar-refractivity contribution in [3.8, 4) is 12.3 Å². The second-order valence-electron chi connectivity index (χ2n) is 5.07. The average Bonchev–Trinajstić information content (AvgIpc) is 2.49. The van der Waals surface area contributed by atoms with Gasteiger partial charge in [-0.25, -0.2) is 4.79 Å². The van der Waals surface area contributed by atoms with Gasteiger partial charge in [-0.15, -0.1) is 6.42 Å². The molecule has 0 aromatic rings. The van der Waals surface area contributed by atoms with Gasteiger partial charge in [-0.05, 0) is 26.2 Å². The van der Waals surface area contributed by atoms with Gasteiger partial charge in [0, 0.05) is 11.5 Å². The Morgan fingerprint density at radius 3 is 2.72 bits per heavy atom. The van der Waals surface area contributed by atoms with E-state index in [9.17, 15) is 9.90 Å². The molecule has 3 nitrogen and oxygen atoms in total. The highest BCUT2D eigenvalue weighted by atomic mass is 16.5. The quantitative estimate of drug-likeness (QED) is 0.362. The molecule has 100 valence electrons. The first-order valence-electron chi connectivity index (χ1n) is 6.53. The van der Waals surface area contributed by atoms with Crippen LogP contribution in [0.5, 0.6) is 0 Å². The summed E-state index contributed by atoms with van der Waals surface area (Å²) in [7, 11) is 0. The second kappa shape index (κ2) is 6.06. The van der Waals surface area contributed by atoms with Crippen molar-refractivity contribution in [1.29, 1.82) is 0 Å². The molecule has 2 unspecified atom stereocenters. The molecule has 0 bridgehead atoms. The van der Waals surface area contributed by atoms with Crippen molar-refractivity contribution < 1.29 is 14.6 Å².